The number of carbonyl (C=O) groups is 1. The van der Waals surface area contributed by atoms with E-state index in [-0.39, 0.29) is 17.7 Å². The fraction of sp³-hybridized carbons (Fsp3) is 0.240. The number of phenolic OH excluding ortho intramolecular Hbond substituents is 1. The number of hydrogen-bond donors (Lipinski definition) is 3. The fourth-order valence-electron chi connectivity index (χ4n) is 4.29. The summed E-state index contributed by atoms with van der Waals surface area (Å²) in [7, 11) is 0. The lowest BCUT2D eigenvalue weighted by molar-refractivity contribution is 0.0718. The van der Waals surface area contributed by atoms with Crippen molar-refractivity contribution in [2.45, 2.75) is 25.8 Å². The third-order valence-electron chi connectivity index (χ3n) is 6.10. The van der Waals surface area contributed by atoms with Gasteiger partial charge in [0.15, 0.2) is 5.65 Å². The van der Waals surface area contributed by atoms with Crippen LogP contribution in [0, 0.1) is 6.92 Å². The molecular weight excluding hydrogens is 416 g/mol. The van der Waals surface area contributed by atoms with Crippen molar-refractivity contribution in [3.63, 3.8) is 0 Å². The highest BCUT2D eigenvalue weighted by atomic mass is 16.3. The number of para-hydroxylation sites is 1. The molecule has 33 heavy (non-hydrogen) atoms. The number of piperidine rings is 1. The van der Waals surface area contributed by atoms with Crippen molar-refractivity contribution in [3.8, 4) is 17.0 Å². The minimum atomic E-state index is 0.0107. The van der Waals surface area contributed by atoms with E-state index in [4.69, 9.17) is 10.7 Å². The molecule has 2 aromatic heterocycles. The number of aryl methyl sites for hydroxylation is 1. The van der Waals surface area contributed by atoms with E-state index in [1.165, 1.54) is 0 Å². The number of benzene rings is 2. The van der Waals surface area contributed by atoms with Crippen molar-refractivity contribution in [2.24, 2.45) is 0 Å². The van der Waals surface area contributed by atoms with E-state index in [9.17, 15) is 9.90 Å². The van der Waals surface area contributed by atoms with Crippen LogP contribution >= 0.6 is 0 Å². The lowest BCUT2D eigenvalue weighted by atomic mass is 10.0. The van der Waals surface area contributed by atoms with Gasteiger partial charge in [0.25, 0.3) is 5.91 Å². The van der Waals surface area contributed by atoms with Gasteiger partial charge in [0.05, 0.1) is 11.9 Å². The summed E-state index contributed by atoms with van der Waals surface area (Å²) in [6.07, 6.45) is 3.41. The van der Waals surface area contributed by atoms with Crippen LogP contribution in [0.4, 0.5) is 11.5 Å². The van der Waals surface area contributed by atoms with Gasteiger partial charge < -0.3 is 21.1 Å². The average molecular weight is 443 g/mol. The van der Waals surface area contributed by atoms with Crippen LogP contribution in [0.3, 0.4) is 0 Å². The standard InChI is InChI=1S/C25H26N6O2/c1-16-15-27-31-23(14-21(29-24(16)31)20-7-2-3-8-22(20)32)28-19-9-11-30(12-10-19)25(33)17-5-4-6-18(26)13-17/h2-8,13-15,19,28,32H,9-12,26H2,1H3. The Morgan fingerprint density at radius 1 is 1.12 bits per heavy atom. The Morgan fingerprint density at radius 3 is 2.67 bits per heavy atom. The van der Waals surface area contributed by atoms with Crippen LogP contribution in [0.15, 0.2) is 60.8 Å². The smallest absolute Gasteiger partial charge is 0.253 e. The first-order valence-corrected chi connectivity index (χ1v) is 11.0. The number of hydrogen-bond acceptors (Lipinski definition) is 6. The summed E-state index contributed by atoms with van der Waals surface area (Å²) in [5.41, 5.74) is 10.1. The van der Waals surface area contributed by atoms with Crippen LogP contribution in [-0.4, -0.2) is 49.6 Å². The van der Waals surface area contributed by atoms with E-state index in [1.807, 2.05) is 30.0 Å². The van der Waals surface area contributed by atoms with Crippen molar-refractivity contribution < 1.29 is 9.90 Å². The summed E-state index contributed by atoms with van der Waals surface area (Å²) in [5, 5.41) is 18.4. The van der Waals surface area contributed by atoms with Gasteiger partial charge in [-0.1, -0.05) is 18.2 Å². The number of fused-ring (bicyclic) bond motifs is 1. The Labute approximate surface area is 191 Å². The van der Waals surface area contributed by atoms with Gasteiger partial charge in [-0.2, -0.15) is 9.61 Å². The summed E-state index contributed by atoms with van der Waals surface area (Å²) in [6.45, 7) is 3.28. The zero-order valence-electron chi connectivity index (χ0n) is 18.4. The maximum Gasteiger partial charge on any atom is 0.253 e. The second-order valence-electron chi connectivity index (χ2n) is 8.44. The number of nitrogens with zero attached hydrogens (tertiary/aromatic N) is 4. The summed E-state index contributed by atoms with van der Waals surface area (Å²) in [5.74, 6) is 1.01. The molecule has 5 rings (SSSR count). The van der Waals surface area contributed by atoms with Gasteiger partial charge in [0, 0.05) is 47.6 Å². The van der Waals surface area contributed by atoms with Crippen molar-refractivity contribution in [1.82, 2.24) is 19.5 Å². The zero-order valence-corrected chi connectivity index (χ0v) is 18.4. The third kappa shape index (κ3) is 4.07. The molecule has 0 atom stereocenters. The van der Waals surface area contributed by atoms with Gasteiger partial charge in [-0.15, -0.1) is 0 Å². The maximum absolute atomic E-state index is 12.8. The third-order valence-corrected chi connectivity index (χ3v) is 6.10. The first kappa shape index (κ1) is 20.8. The van der Waals surface area contributed by atoms with Gasteiger partial charge in [0.1, 0.15) is 11.6 Å². The van der Waals surface area contributed by atoms with E-state index in [1.54, 1.807) is 47.1 Å². The molecule has 0 spiro atoms. The van der Waals surface area contributed by atoms with Crippen molar-refractivity contribution >= 4 is 23.1 Å². The number of amides is 1. The van der Waals surface area contributed by atoms with Crippen LogP contribution < -0.4 is 11.1 Å². The molecule has 0 aliphatic carbocycles. The Morgan fingerprint density at radius 2 is 1.91 bits per heavy atom. The molecule has 0 unspecified atom stereocenters. The molecule has 0 bridgehead atoms. The molecule has 0 radical (unpaired) electrons. The summed E-state index contributed by atoms with van der Waals surface area (Å²) in [4.78, 5) is 19.4. The minimum Gasteiger partial charge on any atom is -0.507 e. The quantitative estimate of drug-likeness (QED) is 0.416. The van der Waals surface area contributed by atoms with Crippen LogP contribution in [0.25, 0.3) is 16.9 Å². The van der Waals surface area contributed by atoms with Gasteiger partial charge >= 0.3 is 0 Å². The lowest BCUT2D eigenvalue weighted by Gasteiger charge is -2.33. The van der Waals surface area contributed by atoms with E-state index >= 15 is 0 Å². The molecule has 8 nitrogen and oxygen atoms in total. The van der Waals surface area contributed by atoms with E-state index in [0.29, 0.717) is 35.6 Å². The van der Waals surface area contributed by atoms with Gasteiger partial charge in [-0.05, 0) is 50.1 Å². The van der Waals surface area contributed by atoms with Crippen molar-refractivity contribution in [3.05, 3.63) is 71.9 Å². The second-order valence-corrected chi connectivity index (χ2v) is 8.44. The normalized spacial score (nSPS) is 14.5. The highest BCUT2D eigenvalue weighted by Crippen LogP contribution is 2.30. The summed E-state index contributed by atoms with van der Waals surface area (Å²) in [6, 6.07) is 16.4. The minimum absolute atomic E-state index is 0.0107. The molecule has 168 valence electrons. The fourth-order valence-corrected chi connectivity index (χ4v) is 4.29. The summed E-state index contributed by atoms with van der Waals surface area (Å²) < 4.78 is 1.79. The second kappa shape index (κ2) is 8.46. The van der Waals surface area contributed by atoms with E-state index < -0.39 is 0 Å². The molecule has 1 fully saturated rings. The molecular formula is C25H26N6O2. The number of aromatic hydroxyl groups is 1. The molecule has 3 heterocycles. The number of nitrogens with two attached hydrogens (primary N) is 1. The van der Waals surface area contributed by atoms with Gasteiger partial charge in [-0.25, -0.2) is 4.98 Å². The Balaban J connectivity index is 1.36. The zero-order chi connectivity index (χ0) is 22.9. The van der Waals surface area contributed by atoms with Crippen LogP contribution in [-0.2, 0) is 0 Å². The van der Waals surface area contributed by atoms with E-state index in [0.717, 1.165) is 29.9 Å². The maximum atomic E-state index is 12.8. The van der Waals surface area contributed by atoms with Crippen LogP contribution in [0.1, 0.15) is 28.8 Å². The van der Waals surface area contributed by atoms with Gasteiger partial charge in [0.2, 0.25) is 0 Å². The number of phenols is 1. The molecule has 0 saturated carbocycles. The highest BCUT2D eigenvalue weighted by molar-refractivity contribution is 5.95. The number of nitrogen functional groups attached to an aromatic ring is 1. The Hall–Kier alpha value is -4.07. The largest absolute Gasteiger partial charge is 0.507 e. The highest BCUT2D eigenvalue weighted by Gasteiger charge is 2.25. The molecule has 8 heteroatoms. The molecule has 4 N–H and O–H groups in total. The first-order valence-electron chi connectivity index (χ1n) is 11.0. The predicted molar refractivity (Wildman–Crippen MR) is 128 cm³/mol. The monoisotopic (exact) mass is 442 g/mol. The Kier molecular flexibility index (Phi) is 5.34. The van der Waals surface area contributed by atoms with Crippen LogP contribution in [0.5, 0.6) is 5.75 Å². The van der Waals surface area contributed by atoms with Gasteiger partial charge in [-0.3, -0.25) is 4.79 Å². The van der Waals surface area contributed by atoms with Crippen molar-refractivity contribution in [1.29, 1.82) is 0 Å². The molecule has 1 aliphatic heterocycles. The molecule has 2 aromatic carbocycles. The summed E-state index contributed by atoms with van der Waals surface area (Å²) >= 11 is 0. The topological polar surface area (TPSA) is 109 Å². The molecule has 1 aliphatic rings. The number of rotatable bonds is 4. The molecule has 4 aromatic rings. The number of carbonyl (C=O) groups excluding carboxylic acids is 1. The van der Waals surface area contributed by atoms with E-state index in [2.05, 4.69) is 10.4 Å². The van der Waals surface area contributed by atoms with Crippen LogP contribution in [0.2, 0.25) is 0 Å². The Bertz CT molecular complexity index is 1320. The number of likely N-dealkylation sites (tertiary alicyclic amines) is 1. The molecule has 1 amide bonds. The average Bonchev–Trinajstić information content (AvgIpc) is 3.20. The molecule has 1 saturated heterocycles. The lowest BCUT2D eigenvalue weighted by Crippen LogP contribution is -2.42. The number of aromatic nitrogens is 3. The SMILES string of the molecule is Cc1cnn2c(NC3CCN(C(=O)c4cccc(N)c4)CC3)cc(-c3ccccc3O)nc12. The first-order chi connectivity index (χ1) is 16.0. The predicted octanol–water partition coefficient (Wildman–Crippen LogP) is 3.71. The number of anilines is 2. The number of nitrogens with one attached hydrogen (secondary N) is 1. The van der Waals surface area contributed by atoms with Crippen molar-refractivity contribution in [2.75, 3.05) is 24.1 Å².